The average Bonchev–Trinajstić information content (AvgIpc) is 2.45. The van der Waals surface area contributed by atoms with Gasteiger partial charge in [0.2, 0.25) is 0 Å². The van der Waals surface area contributed by atoms with Gasteiger partial charge in [0.05, 0.1) is 6.61 Å². The lowest BCUT2D eigenvalue weighted by Crippen LogP contribution is -2.28. The van der Waals surface area contributed by atoms with Crippen LogP contribution >= 0.6 is 11.6 Å². The fourth-order valence-electron chi connectivity index (χ4n) is 1.72. The van der Waals surface area contributed by atoms with Gasteiger partial charge < -0.3 is 9.64 Å². The maximum Gasteiger partial charge on any atom is 0.253 e. The second kappa shape index (κ2) is 8.85. The number of amides is 1. The number of unbranched alkanes of at least 4 members (excludes halogenated alkanes) is 1. The van der Waals surface area contributed by atoms with Crippen LogP contribution in [-0.2, 0) is 0 Å². The smallest absolute Gasteiger partial charge is 0.253 e. The largest absolute Gasteiger partial charge is 0.494 e. The van der Waals surface area contributed by atoms with Crippen LogP contribution in [0.5, 0.6) is 5.75 Å². The Hall–Kier alpha value is -1.22. The van der Waals surface area contributed by atoms with E-state index in [1.54, 1.807) is 11.9 Å². The first kappa shape index (κ1) is 16.8. The first-order chi connectivity index (χ1) is 9.54. The number of rotatable bonds is 8. The van der Waals surface area contributed by atoms with Crippen molar-refractivity contribution in [1.82, 2.24) is 4.90 Å². The quantitative estimate of drug-likeness (QED) is 0.537. The Bertz CT molecular complexity index is 403. The summed E-state index contributed by atoms with van der Waals surface area (Å²) in [5.41, 5.74) is 0.678. The summed E-state index contributed by atoms with van der Waals surface area (Å²) in [7, 11) is 1.80. The Kier molecular flexibility index (Phi) is 7.45. The summed E-state index contributed by atoms with van der Waals surface area (Å²) >= 11 is 5.90. The van der Waals surface area contributed by atoms with E-state index in [1.807, 2.05) is 31.2 Å². The van der Waals surface area contributed by atoms with Crippen molar-refractivity contribution in [2.75, 3.05) is 20.2 Å². The Labute approximate surface area is 126 Å². The second-order valence-electron chi connectivity index (χ2n) is 5.02. The first-order valence-electron chi connectivity index (χ1n) is 7.17. The zero-order valence-electron chi connectivity index (χ0n) is 12.6. The highest BCUT2D eigenvalue weighted by molar-refractivity contribution is 6.20. The monoisotopic (exact) mass is 297 g/mol. The Morgan fingerprint density at radius 2 is 2.00 bits per heavy atom. The fourth-order valence-corrected chi connectivity index (χ4v) is 1.82. The van der Waals surface area contributed by atoms with Gasteiger partial charge in [-0.05, 0) is 44.0 Å². The van der Waals surface area contributed by atoms with Crippen LogP contribution in [0.2, 0.25) is 0 Å². The minimum Gasteiger partial charge on any atom is -0.494 e. The molecule has 3 nitrogen and oxygen atoms in total. The number of carbonyl (C=O) groups is 1. The number of hydrogen-bond acceptors (Lipinski definition) is 2. The van der Waals surface area contributed by atoms with Crippen molar-refractivity contribution < 1.29 is 9.53 Å². The minimum atomic E-state index is 0.0161. The molecule has 0 radical (unpaired) electrons. The van der Waals surface area contributed by atoms with Gasteiger partial charge >= 0.3 is 0 Å². The Morgan fingerprint density at radius 1 is 1.35 bits per heavy atom. The van der Waals surface area contributed by atoms with E-state index in [2.05, 4.69) is 6.92 Å². The molecule has 0 heterocycles. The van der Waals surface area contributed by atoms with Crippen LogP contribution in [0.4, 0.5) is 0 Å². The average molecular weight is 298 g/mol. The highest BCUT2D eigenvalue weighted by atomic mass is 35.5. The summed E-state index contributed by atoms with van der Waals surface area (Å²) in [4.78, 5) is 13.9. The predicted molar refractivity (Wildman–Crippen MR) is 83.7 cm³/mol. The lowest BCUT2D eigenvalue weighted by Gasteiger charge is -2.18. The summed E-state index contributed by atoms with van der Waals surface area (Å²) in [6.07, 6.45) is 2.95. The molecule has 1 rings (SSSR count). The molecule has 1 amide bonds. The highest BCUT2D eigenvalue weighted by Crippen LogP contribution is 2.14. The number of benzene rings is 1. The molecule has 20 heavy (non-hydrogen) atoms. The summed E-state index contributed by atoms with van der Waals surface area (Å²) in [6, 6.07) is 7.32. The van der Waals surface area contributed by atoms with Gasteiger partial charge in [0.1, 0.15) is 5.75 Å². The maximum atomic E-state index is 12.2. The van der Waals surface area contributed by atoms with Gasteiger partial charge in [-0.2, -0.15) is 0 Å². The van der Waals surface area contributed by atoms with Crippen molar-refractivity contribution in [3.8, 4) is 5.75 Å². The molecule has 0 aliphatic rings. The van der Waals surface area contributed by atoms with Crippen molar-refractivity contribution in [3.63, 3.8) is 0 Å². The Balaban J connectivity index is 2.52. The second-order valence-corrected chi connectivity index (χ2v) is 5.77. The molecule has 0 aliphatic carbocycles. The van der Waals surface area contributed by atoms with Crippen LogP contribution < -0.4 is 4.74 Å². The summed E-state index contributed by atoms with van der Waals surface area (Å²) in [5.74, 6) is 0.828. The number of alkyl halides is 1. The van der Waals surface area contributed by atoms with E-state index < -0.39 is 0 Å². The third-order valence-corrected chi connectivity index (χ3v) is 3.30. The van der Waals surface area contributed by atoms with E-state index in [0.29, 0.717) is 12.1 Å². The maximum absolute atomic E-state index is 12.2. The fraction of sp³-hybridized carbons (Fsp3) is 0.562. The van der Waals surface area contributed by atoms with E-state index in [1.165, 1.54) is 0 Å². The van der Waals surface area contributed by atoms with Gasteiger partial charge in [-0.1, -0.05) is 13.3 Å². The van der Waals surface area contributed by atoms with Gasteiger partial charge in [-0.3, -0.25) is 4.79 Å². The predicted octanol–water partition coefficient (Wildman–Crippen LogP) is 3.95. The van der Waals surface area contributed by atoms with Gasteiger partial charge in [0, 0.05) is 24.5 Å². The van der Waals surface area contributed by atoms with Crippen LogP contribution in [0.3, 0.4) is 0 Å². The Morgan fingerprint density at radius 3 is 2.55 bits per heavy atom. The van der Waals surface area contributed by atoms with Gasteiger partial charge in [-0.25, -0.2) is 0 Å². The van der Waals surface area contributed by atoms with Gasteiger partial charge in [-0.15, -0.1) is 11.6 Å². The zero-order chi connectivity index (χ0) is 15.0. The van der Waals surface area contributed by atoms with Crippen molar-refractivity contribution in [2.24, 2.45) is 0 Å². The molecule has 1 unspecified atom stereocenters. The van der Waals surface area contributed by atoms with Crippen LogP contribution in [0, 0.1) is 0 Å². The SMILES string of the molecule is CCCCOc1ccc(C(=O)N(C)CCC(C)Cl)cc1. The molecule has 0 fully saturated rings. The summed E-state index contributed by atoms with van der Waals surface area (Å²) < 4.78 is 5.58. The molecule has 1 atom stereocenters. The van der Waals surface area contributed by atoms with Crippen LogP contribution in [0.15, 0.2) is 24.3 Å². The highest BCUT2D eigenvalue weighted by Gasteiger charge is 2.12. The topological polar surface area (TPSA) is 29.5 Å². The number of hydrogen-bond donors (Lipinski definition) is 0. The molecule has 112 valence electrons. The van der Waals surface area contributed by atoms with E-state index >= 15 is 0 Å². The molecule has 1 aromatic carbocycles. The summed E-state index contributed by atoms with van der Waals surface area (Å²) in [6.45, 7) is 5.44. The van der Waals surface area contributed by atoms with Crippen molar-refractivity contribution in [2.45, 2.75) is 38.5 Å². The van der Waals surface area contributed by atoms with Gasteiger partial charge in [0.25, 0.3) is 5.91 Å². The first-order valence-corrected chi connectivity index (χ1v) is 7.60. The van der Waals surface area contributed by atoms with E-state index in [-0.39, 0.29) is 11.3 Å². The number of halogens is 1. The third-order valence-electron chi connectivity index (χ3n) is 3.08. The molecule has 0 aromatic heterocycles. The zero-order valence-corrected chi connectivity index (χ0v) is 13.3. The molecule has 0 saturated heterocycles. The van der Waals surface area contributed by atoms with E-state index in [0.717, 1.165) is 31.6 Å². The number of nitrogens with zero attached hydrogens (tertiary/aromatic N) is 1. The minimum absolute atomic E-state index is 0.0161. The molecule has 0 saturated carbocycles. The van der Waals surface area contributed by atoms with Crippen LogP contribution in [0.25, 0.3) is 0 Å². The summed E-state index contributed by atoms with van der Waals surface area (Å²) in [5, 5.41) is 0.0830. The third kappa shape index (κ3) is 5.83. The van der Waals surface area contributed by atoms with Crippen molar-refractivity contribution in [1.29, 1.82) is 0 Å². The van der Waals surface area contributed by atoms with Crippen LogP contribution in [0.1, 0.15) is 43.5 Å². The lowest BCUT2D eigenvalue weighted by molar-refractivity contribution is 0.0793. The molecule has 4 heteroatoms. The molecular formula is C16H24ClNO2. The molecule has 0 N–H and O–H groups in total. The van der Waals surface area contributed by atoms with Gasteiger partial charge in [0.15, 0.2) is 0 Å². The normalized spacial score (nSPS) is 12.0. The van der Waals surface area contributed by atoms with E-state index in [9.17, 15) is 4.79 Å². The van der Waals surface area contributed by atoms with Crippen molar-refractivity contribution in [3.05, 3.63) is 29.8 Å². The van der Waals surface area contributed by atoms with E-state index in [4.69, 9.17) is 16.3 Å². The molecular weight excluding hydrogens is 274 g/mol. The molecule has 0 spiro atoms. The van der Waals surface area contributed by atoms with Crippen molar-refractivity contribution >= 4 is 17.5 Å². The lowest BCUT2D eigenvalue weighted by atomic mass is 10.2. The van der Waals surface area contributed by atoms with Crippen LogP contribution in [-0.4, -0.2) is 36.4 Å². The molecule has 0 bridgehead atoms. The number of carbonyl (C=O) groups excluding carboxylic acids is 1. The molecule has 0 aliphatic heterocycles. The number of ether oxygens (including phenoxy) is 1. The molecule has 1 aromatic rings. The standard InChI is InChI=1S/C16H24ClNO2/c1-4-5-12-20-15-8-6-14(7-9-15)16(19)18(3)11-10-13(2)17/h6-9,13H,4-5,10-12H2,1-3H3.